The van der Waals surface area contributed by atoms with Crippen molar-refractivity contribution < 1.29 is 13.2 Å². The van der Waals surface area contributed by atoms with Crippen molar-refractivity contribution >= 4 is 43.0 Å². The number of sulfonamides is 1. The van der Waals surface area contributed by atoms with E-state index in [0.717, 1.165) is 17.7 Å². The van der Waals surface area contributed by atoms with Crippen molar-refractivity contribution in [3.63, 3.8) is 0 Å². The van der Waals surface area contributed by atoms with E-state index < -0.39 is 10.0 Å². The Balaban J connectivity index is 1.93. The third kappa shape index (κ3) is 2.96. The number of rotatable bonds is 4. The number of ether oxygens (including phenoxy) is 1. The summed E-state index contributed by atoms with van der Waals surface area (Å²) in [6, 6.07) is 5.34. The van der Waals surface area contributed by atoms with Gasteiger partial charge in [-0.05, 0) is 30.5 Å². The Morgan fingerprint density at radius 3 is 3.00 bits per heavy atom. The van der Waals surface area contributed by atoms with Crippen LogP contribution in [0, 0.1) is 5.92 Å². The highest BCUT2D eigenvalue weighted by Crippen LogP contribution is 2.33. The molecule has 0 N–H and O–H groups in total. The Labute approximate surface area is 133 Å². The van der Waals surface area contributed by atoms with Crippen LogP contribution in [0.5, 0.6) is 0 Å². The van der Waals surface area contributed by atoms with Gasteiger partial charge in [-0.3, -0.25) is 0 Å². The summed E-state index contributed by atoms with van der Waals surface area (Å²) >= 11 is 7.41. The average Bonchev–Trinajstić information content (AvgIpc) is 3.07. The molecule has 0 amide bonds. The second-order valence-corrected chi connectivity index (χ2v) is 8.62. The third-order valence-corrected chi connectivity index (χ3v) is 6.94. The highest BCUT2D eigenvalue weighted by atomic mass is 35.5. The molecule has 1 atom stereocenters. The number of hydrogen-bond donors (Lipinski definition) is 0. The molecule has 0 aliphatic carbocycles. The maximum Gasteiger partial charge on any atom is 0.244 e. The fourth-order valence-corrected chi connectivity index (χ4v) is 5.40. The topological polar surface area (TPSA) is 46.6 Å². The Morgan fingerprint density at radius 2 is 2.29 bits per heavy atom. The number of benzene rings is 1. The van der Waals surface area contributed by atoms with Crippen LogP contribution in [0.3, 0.4) is 0 Å². The van der Waals surface area contributed by atoms with Gasteiger partial charge < -0.3 is 4.74 Å². The summed E-state index contributed by atoms with van der Waals surface area (Å²) in [7, 11) is -1.87. The van der Waals surface area contributed by atoms with Crippen LogP contribution < -0.4 is 0 Å². The summed E-state index contributed by atoms with van der Waals surface area (Å²) in [6.45, 7) is 1.84. The van der Waals surface area contributed by atoms with Gasteiger partial charge in [0.05, 0.1) is 6.61 Å². The first-order valence-corrected chi connectivity index (χ1v) is 9.39. The van der Waals surface area contributed by atoms with Crippen molar-refractivity contribution in [2.45, 2.75) is 11.3 Å². The summed E-state index contributed by atoms with van der Waals surface area (Å²) in [6.07, 6.45) is 0.913. The second-order valence-electron chi connectivity index (χ2n) is 5.26. The van der Waals surface area contributed by atoms with E-state index in [2.05, 4.69) is 0 Å². The van der Waals surface area contributed by atoms with Crippen LogP contribution in [-0.4, -0.2) is 39.5 Å². The molecule has 1 aliphatic rings. The first-order valence-electron chi connectivity index (χ1n) is 6.69. The van der Waals surface area contributed by atoms with Gasteiger partial charge in [0.1, 0.15) is 4.90 Å². The Kier molecular flexibility index (Phi) is 4.25. The average molecular weight is 346 g/mol. The van der Waals surface area contributed by atoms with Crippen LogP contribution in [-0.2, 0) is 14.8 Å². The predicted molar refractivity (Wildman–Crippen MR) is 85.6 cm³/mol. The second kappa shape index (κ2) is 5.85. The van der Waals surface area contributed by atoms with Gasteiger partial charge in [0.25, 0.3) is 0 Å². The van der Waals surface area contributed by atoms with Crippen molar-refractivity contribution in [3.05, 3.63) is 28.6 Å². The first kappa shape index (κ1) is 15.2. The third-order valence-electron chi connectivity index (χ3n) is 3.73. The predicted octanol–water partition coefficient (Wildman–Crippen LogP) is 3.21. The molecular weight excluding hydrogens is 330 g/mol. The molecule has 2 aromatic rings. The number of thiophene rings is 1. The Morgan fingerprint density at radius 1 is 1.48 bits per heavy atom. The summed E-state index contributed by atoms with van der Waals surface area (Å²) < 4.78 is 33.2. The van der Waals surface area contributed by atoms with Gasteiger partial charge >= 0.3 is 0 Å². The van der Waals surface area contributed by atoms with Gasteiger partial charge in [-0.15, -0.1) is 11.3 Å². The molecule has 0 bridgehead atoms. The molecule has 4 nitrogen and oxygen atoms in total. The SMILES string of the molecule is CN(C[C@@H]1CCOC1)S(=O)(=O)c1csc2ccc(Cl)cc12. The van der Waals surface area contributed by atoms with E-state index in [1.807, 2.05) is 6.07 Å². The Bertz CT molecular complexity index is 751. The molecular formula is C14H16ClNO3S2. The number of halogens is 1. The maximum absolute atomic E-state index is 12.8. The first-order chi connectivity index (χ1) is 9.98. The summed E-state index contributed by atoms with van der Waals surface area (Å²) in [4.78, 5) is 0.339. The lowest BCUT2D eigenvalue weighted by Gasteiger charge is -2.19. The molecule has 7 heteroatoms. The molecule has 1 saturated heterocycles. The monoisotopic (exact) mass is 345 g/mol. The van der Waals surface area contributed by atoms with Crippen molar-refractivity contribution in [1.82, 2.24) is 4.31 Å². The van der Waals surface area contributed by atoms with Crippen LogP contribution >= 0.6 is 22.9 Å². The van der Waals surface area contributed by atoms with Gasteiger partial charge in [-0.25, -0.2) is 12.7 Å². The van der Waals surface area contributed by atoms with E-state index in [0.29, 0.717) is 28.5 Å². The lowest BCUT2D eigenvalue weighted by Crippen LogP contribution is -2.32. The van der Waals surface area contributed by atoms with Crippen LogP contribution in [0.2, 0.25) is 5.02 Å². The zero-order valence-electron chi connectivity index (χ0n) is 11.6. The molecule has 0 radical (unpaired) electrons. The molecule has 1 aliphatic heterocycles. The molecule has 1 aromatic heterocycles. The molecule has 1 fully saturated rings. The van der Waals surface area contributed by atoms with E-state index >= 15 is 0 Å². The van der Waals surface area contributed by atoms with Gasteiger partial charge in [0.2, 0.25) is 10.0 Å². The Hall–Kier alpha value is -0.660. The quantitative estimate of drug-likeness (QED) is 0.854. The van der Waals surface area contributed by atoms with Crippen LogP contribution in [0.4, 0.5) is 0 Å². The molecule has 1 aromatic carbocycles. The zero-order chi connectivity index (χ0) is 15.0. The van der Waals surface area contributed by atoms with Crippen molar-refractivity contribution in [1.29, 1.82) is 0 Å². The normalized spacial score (nSPS) is 19.7. The van der Waals surface area contributed by atoms with Crippen LogP contribution in [0.1, 0.15) is 6.42 Å². The van der Waals surface area contributed by atoms with Gasteiger partial charge in [0, 0.05) is 40.7 Å². The van der Waals surface area contributed by atoms with Crippen LogP contribution in [0.15, 0.2) is 28.5 Å². The minimum absolute atomic E-state index is 0.276. The summed E-state index contributed by atoms with van der Waals surface area (Å²) in [5, 5.41) is 2.93. The molecule has 0 saturated carbocycles. The van der Waals surface area contributed by atoms with Crippen molar-refractivity contribution in [3.8, 4) is 0 Å². The molecule has 0 spiro atoms. The van der Waals surface area contributed by atoms with E-state index in [9.17, 15) is 8.42 Å². The van der Waals surface area contributed by atoms with E-state index in [4.69, 9.17) is 16.3 Å². The lowest BCUT2D eigenvalue weighted by molar-refractivity contribution is 0.182. The smallest absolute Gasteiger partial charge is 0.244 e. The number of hydrogen-bond acceptors (Lipinski definition) is 4. The highest BCUT2D eigenvalue weighted by molar-refractivity contribution is 7.89. The standard InChI is InChI=1S/C14H16ClNO3S2/c1-16(7-10-4-5-19-8-10)21(17,18)14-9-20-13-3-2-11(15)6-12(13)14/h2-3,6,9-10H,4-5,7-8H2,1H3/t10-/m0/s1. The van der Waals surface area contributed by atoms with Gasteiger partial charge in [-0.1, -0.05) is 11.6 Å². The fraction of sp³-hybridized carbons (Fsp3) is 0.429. The molecule has 0 unspecified atom stereocenters. The highest BCUT2D eigenvalue weighted by Gasteiger charge is 2.28. The van der Waals surface area contributed by atoms with Gasteiger partial charge in [-0.2, -0.15) is 0 Å². The van der Waals surface area contributed by atoms with Crippen LogP contribution in [0.25, 0.3) is 10.1 Å². The largest absolute Gasteiger partial charge is 0.381 e. The number of nitrogens with zero attached hydrogens (tertiary/aromatic N) is 1. The zero-order valence-corrected chi connectivity index (χ0v) is 14.0. The fourth-order valence-electron chi connectivity index (χ4n) is 2.53. The minimum Gasteiger partial charge on any atom is -0.381 e. The summed E-state index contributed by atoms with van der Waals surface area (Å²) in [5.74, 6) is 0.276. The molecule has 3 rings (SSSR count). The van der Waals surface area contributed by atoms with Crippen molar-refractivity contribution in [2.24, 2.45) is 5.92 Å². The van der Waals surface area contributed by atoms with E-state index in [-0.39, 0.29) is 5.92 Å². The summed E-state index contributed by atoms with van der Waals surface area (Å²) in [5.41, 5.74) is 0. The lowest BCUT2D eigenvalue weighted by atomic mass is 10.1. The molecule has 114 valence electrons. The minimum atomic E-state index is -3.50. The molecule has 2 heterocycles. The van der Waals surface area contributed by atoms with Crippen molar-refractivity contribution in [2.75, 3.05) is 26.8 Å². The van der Waals surface area contributed by atoms with Gasteiger partial charge in [0.15, 0.2) is 0 Å². The van der Waals surface area contributed by atoms with E-state index in [1.165, 1.54) is 15.6 Å². The van der Waals surface area contributed by atoms with E-state index in [1.54, 1.807) is 24.6 Å². The molecule has 21 heavy (non-hydrogen) atoms. The number of fused-ring (bicyclic) bond motifs is 1. The maximum atomic E-state index is 12.8.